The van der Waals surface area contributed by atoms with Crippen molar-refractivity contribution in [1.29, 1.82) is 5.26 Å². The van der Waals surface area contributed by atoms with Crippen LogP contribution >= 0.6 is 45.8 Å². The number of methoxy groups -OCH3 is 1. The van der Waals surface area contributed by atoms with E-state index < -0.39 is 11.9 Å². The molecule has 0 spiro atoms. The number of halogens is 3. The average Bonchev–Trinajstić information content (AvgIpc) is 2.82. The SMILES string of the molecule is COC(=O)c1ccc(NC(=O)/C(C#N)=C/c2ccc(OCc3ccc(Cl)cc3Cl)c(I)c2)cc1. The van der Waals surface area contributed by atoms with Gasteiger partial charge in [-0.25, -0.2) is 4.79 Å². The van der Waals surface area contributed by atoms with E-state index in [1.165, 1.54) is 25.3 Å². The van der Waals surface area contributed by atoms with E-state index in [1.807, 2.05) is 6.07 Å². The predicted molar refractivity (Wildman–Crippen MR) is 140 cm³/mol. The van der Waals surface area contributed by atoms with E-state index in [9.17, 15) is 14.9 Å². The van der Waals surface area contributed by atoms with Crippen molar-refractivity contribution >= 4 is 69.4 Å². The molecule has 0 aliphatic heterocycles. The summed E-state index contributed by atoms with van der Waals surface area (Å²) >= 11 is 14.2. The van der Waals surface area contributed by atoms with Crippen molar-refractivity contribution in [2.45, 2.75) is 6.61 Å². The first-order valence-electron chi connectivity index (χ1n) is 9.78. The Balaban J connectivity index is 1.69. The van der Waals surface area contributed by atoms with E-state index in [0.29, 0.717) is 32.6 Å². The lowest BCUT2D eigenvalue weighted by atomic mass is 10.1. The lowest BCUT2D eigenvalue weighted by molar-refractivity contribution is -0.112. The molecule has 34 heavy (non-hydrogen) atoms. The minimum atomic E-state index is -0.568. The Kier molecular flexibility index (Phi) is 8.93. The van der Waals surface area contributed by atoms with Gasteiger partial charge in [0.2, 0.25) is 0 Å². The summed E-state index contributed by atoms with van der Waals surface area (Å²) in [4.78, 5) is 24.1. The number of carbonyl (C=O) groups excluding carboxylic acids is 2. The van der Waals surface area contributed by atoms with Crippen molar-refractivity contribution in [2.24, 2.45) is 0 Å². The van der Waals surface area contributed by atoms with Gasteiger partial charge in [0.25, 0.3) is 5.91 Å². The Bertz CT molecular complexity index is 1300. The Morgan fingerprint density at radius 1 is 1.09 bits per heavy atom. The van der Waals surface area contributed by atoms with Gasteiger partial charge in [0, 0.05) is 21.3 Å². The van der Waals surface area contributed by atoms with Crippen LogP contribution in [0.4, 0.5) is 5.69 Å². The molecule has 0 saturated heterocycles. The third-order valence-corrected chi connectivity index (χ3v) is 6.02. The molecular weight excluding hydrogens is 590 g/mol. The molecule has 6 nitrogen and oxygen atoms in total. The molecule has 0 aromatic heterocycles. The van der Waals surface area contributed by atoms with E-state index >= 15 is 0 Å². The number of ether oxygens (including phenoxy) is 2. The summed E-state index contributed by atoms with van der Waals surface area (Å²) in [6, 6.07) is 18.6. The van der Waals surface area contributed by atoms with Gasteiger partial charge < -0.3 is 14.8 Å². The molecular formula is C25H17Cl2IN2O4. The Morgan fingerprint density at radius 2 is 1.82 bits per heavy atom. The molecule has 9 heteroatoms. The van der Waals surface area contributed by atoms with Crippen LogP contribution in [0.25, 0.3) is 6.08 Å². The zero-order valence-electron chi connectivity index (χ0n) is 17.8. The lowest BCUT2D eigenvalue weighted by Gasteiger charge is -2.10. The highest BCUT2D eigenvalue weighted by molar-refractivity contribution is 14.1. The minimum absolute atomic E-state index is 0.0746. The normalized spacial score (nSPS) is 10.9. The molecule has 0 unspecified atom stereocenters. The second-order valence-electron chi connectivity index (χ2n) is 6.91. The fraction of sp³-hybridized carbons (Fsp3) is 0.0800. The maximum atomic E-state index is 12.5. The number of nitriles is 1. The lowest BCUT2D eigenvalue weighted by Crippen LogP contribution is -2.13. The molecule has 0 heterocycles. The molecule has 1 N–H and O–H groups in total. The van der Waals surface area contributed by atoms with Crippen molar-refractivity contribution in [2.75, 3.05) is 12.4 Å². The molecule has 3 aromatic rings. The van der Waals surface area contributed by atoms with Gasteiger partial charge in [-0.15, -0.1) is 0 Å². The molecule has 0 saturated carbocycles. The van der Waals surface area contributed by atoms with E-state index in [2.05, 4.69) is 32.6 Å². The summed E-state index contributed by atoms with van der Waals surface area (Å²) in [5.74, 6) is -0.410. The van der Waals surface area contributed by atoms with Crippen LogP contribution in [0.15, 0.2) is 66.2 Å². The van der Waals surface area contributed by atoms with E-state index in [1.54, 1.807) is 48.5 Å². The fourth-order valence-corrected chi connectivity index (χ4v) is 4.00. The fourth-order valence-electron chi connectivity index (χ4n) is 2.84. The summed E-state index contributed by atoms with van der Waals surface area (Å²) in [6.45, 7) is 0.266. The van der Waals surface area contributed by atoms with Crippen LogP contribution in [-0.4, -0.2) is 19.0 Å². The molecule has 0 fully saturated rings. The largest absolute Gasteiger partial charge is 0.488 e. The van der Waals surface area contributed by atoms with Gasteiger partial charge in [-0.1, -0.05) is 35.3 Å². The molecule has 0 atom stereocenters. The summed E-state index contributed by atoms with van der Waals surface area (Å²) in [5, 5.41) is 13.2. The predicted octanol–water partition coefficient (Wildman–Crippen LogP) is 6.51. The molecule has 3 rings (SSSR count). The molecule has 0 radical (unpaired) electrons. The third-order valence-electron chi connectivity index (χ3n) is 4.59. The van der Waals surface area contributed by atoms with Gasteiger partial charge in [-0.2, -0.15) is 5.26 Å². The first-order chi connectivity index (χ1) is 16.3. The van der Waals surface area contributed by atoms with Gasteiger partial charge in [-0.3, -0.25) is 4.79 Å². The number of esters is 1. The number of carbonyl (C=O) groups is 2. The first-order valence-corrected chi connectivity index (χ1v) is 11.6. The first kappa shape index (κ1) is 25.6. The highest BCUT2D eigenvalue weighted by atomic mass is 127. The van der Waals surface area contributed by atoms with Gasteiger partial charge in [0.05, 0.1) is 16.2 Å². The van der Waals surface area contributed by atoms with E-state index in [0.717, 1.165) is 9.13 Å². The van der Waals surface area contributed by atoms with Crippen molar-refractivity contribution in [3.63, 3.8) is 0 Å². The highest BCUT2D eigenvalue weighted by Gasteiger charge is 2.12. The Morgan fingerprint density at radius 3 is 2.44 bits per heavy atom. The van der Waals surface area contributed by atoms with E-state index in [-0.39, 0.29) is 12.2 Å². The van der Waals surface area contributed by atoms with Crippen molar-refractivity contribution < 1.29 is 19.1 Å². The van der Waals surface area contributed by atoms with Gasteiger partial charge in [0.15, 0.2) is 0 Å². The smallest absolute Gasteiger partial charge is 0.337 e. The zero-order valence-corrected chi connectivity index (χ0v) is 21.4. The summed E-state index contributed by atoms with van der Waals surface area (Å²) in [5.41, 5.74) is 2.18. The van der Waals surface area contributed by atoms with E-state index in [4.69, 9.17) is 27.9 Å². The summed E-state index contributed by atoms with van der Waals surface area (Å²) in [7, 11) is 1.29. The topological polar surface area (TPSA) is 88.4 Å². The highest BCUT2D eigenvalue weighted by Crippen LogP contribution is 2.27. The van der Waals surface area contributed by atoms with Crippen LogP contribution in [0.2, 0.25) is 10.0 Å². The van der Waals surface area contributed by atoms with Gasteiger partial charge in [0.1, 0.15) is 24.0 Å². The number of hydrogen-bond donors (Lipinski definition) is 1. The number of anilines is 1. The van der Waals surface area contributed by atoms with Gasteiger partial charge in [-0.05, 0) is 82.8 Å². The van der Waals surface area contributed by atoms with Crippen LogP contribution in [0.5, 0.6) is 5.75 Å². The van der Waals surface area contributed by atoms with Crippen LogP contribution in [0, 0.1) is 14.9 Å². The number of rotatable bonds is 7. The van der Waals surface area contributed by atoms with Crippen LogP contribution in [-0.2, 0) is 16.1 Å². The standard InChI is InChI=1S/C25H17Cl2IN2O4/c1-33-25(32)16-4-7-20(8-5-16)30-24(31)18(13-29)10-15-2-9-23(22(28)11-15)34-14-17-3-6-19(26)12-21(17)27/h2-12H,14H2,1H3,(H,30,31)/b18-10+. The number of amides is 1. The second kappa shape index (κ2) is 11.9. The zero-order chi connectivity index (χ0) is 24.7. The molecule has 0 aliphatic rings. The summed E-state index contributed by atoms with van der Waals surface area (Å²) < 4.78 is 11.3. The molecule has 1 amide bonds. The number of hydrogen-bond acceptors (Lipinski definition) is 5. The molecule has 0 aliphatic carbocycles. The average molecular weight is 607 g/mol. The number of nitrogens with zero attached hydrogens (tertiary/aromatic N) is 1. The molecule has 172 valence electrons. The van der Waals surface area contributed by atoms with Crippen LogP contribution in [0.3, 0.4) is 0 Å². The second-order valence-corrected chi connectivity index (χ2v) is 8.91. The quantitative estimate of drug-likeness (QED) is 0.143. The van der Waals surface area contributed by atoms with Crippen molar-refractivity contribution in [3.05, 3.63) is 96.5 Å². The van der Waals surface area contributed by atoms with Crippen LogP contribution < -0.4 is 10.1 Å². The summed E-state index contributed by atoms with van der Waals surface area (Å²) in [6.07, 6.45) is 1.49. The monoisotopic (exact) mass is 606 g/mol. The Hall–Kier alpha value is -3.06. The van der Waals surface area contributed by atoms with Gasteiger partial charge >= 0.3 is 5.97 Å². The van der Waals surface area contributed by atoms with Crippen molar-refractivity contribution in [3.8, 4) is 11.8 Å². The Labute approximate surface area is 220 Å². The number of nitrogens with one attached hydrogen (secondary N) is 1. The van der Waals surface area contributed by atoms with Crippen molar-refractivity contribution in [1.82, 2.24) is 0 Å². The molecule has 0 bridgehead atoms. The maximum Gasteiger partial charge on any atom is 0.337 e. The molecule has 3 aromatic carbocycles. The maximum absolute atomic E-state index is 12.5. The number of benzene rings is 3. The minimum Gasteiger partial charge on any atom is -0.488 e. The van der Waals surface area contributed by atoms with Crippen LogP contribution in [0.1, 0.15) is 21.5 Å². The third kappa shape index (κ3) is 6.73.